The molecule has 0 unspecified atom stereocenters. The van der Waals surface area contributed by atoms with Crippen LogP contribution < -0.4 is 5.32 Å². The molecular formula is C24H27N7O. The molecule has 1 aliphatic heterocycles. The van der Waals surface area contributed by atoms with Crippen molar-refractivity contribution in [2.75, 3.05) is 18.4 Å². The average Bonchev–Trinajstić information content (AvgIpc) is 3.29. The van der Waals surface area contributed by atoms with Crippen molar-refractivity contribution in [2.45, 2.75) is 44.9 Å². The third-order valence-corrected chi connectivity index (χ3v) is 6.65. The van der Waals surface area contributed by atoms with Crippen molar-refractivity contribution in [3.63, 3.8) is 0 Å². The first kappa shape index (κ1) is 19.5. The van der Waals surface area contributed by atoms with Gasteiger partial charge >= 0.3 is 0 Å². The molecule has 32 heavy (non-hydrogen) atoms. The molecule has 4 heterocycles. The van der Waals surface area contributed by atoms with Gasteiger partial charge in [0.1, 0.15) is 0 Å². The highest BCUT2D eigenvalue weighted by molar-refractivity contribution is 5.84. The molecule has 3 aromatic heterocycles. The second-order valence-corrected chi connectivity index (χ2v) is 8.98. The zero-order valence-electron chi connectivity index (χ0n) is 18.1. The van der Waals surface area contributed by atoms with Gasteiger partial charge in [-0.25, -0.2) is 9.67 Å². The van der Waals surface area contributed by atoms with Crippen LogP contribution in [0.3, 0.4) is 0 Å². The molecular weight excluding hydrogens is 402 g/mol. The molecule has 2 aliphatic rings. The van der Waals surface area contributed by atoms with Crippen LogP contribution in [0.5, 0.6) is 0 Å². The second kappa shape index (κ2) is 7.72. The Balaban J connectivity index is 1.21. The summed E-state index contributed by atoms with van der Waals surface area (Å²) >= 11 is 0. The van der Waals surface area contributed by atoms with E-state index in [0.717, 1.165) is 42.4 Å². The summed E-state index contributed by atoms with van der Waals surface area (Å²) in [5.41, 5.74) is 4.37. The van der Waals surface area contributed by atoms with Crippen LogP contribution in [-0.2, 0) is 6.54 Å². The van der Waals surface area contributed by atoms with Crippen LogP contribution in [0.1, 0.15) is 36.6 Å². The van der Waals surface area contributed by atoms with Gasteiger partial charge in [-0.3, -0.25) is 4.90 Å². The number of hydrogen-bond acceptors (Lipinski definition) is 6. The van der Waals surface area contributed by atoms with E-state index >= 15 is 0 Å². The van der Waals surface area contributed by atoms with Crippen molar-refractivity contribution in [2.24, 2.45) is 0 Å². The third kappa shape index (κ3) is 3.55. The SMILES string of the molecule is Cc1nn(-c2ccnc(Nc3ccc4c(ccn4C4CCC4)c3)n2)cc1CN1CC(O)C1. The van der Waals surface area contributed by atoms with E-state index in [4.69, 9.17) is 0 Å². The normalized spacial score (nSPS) is 17.4. The molecule has 1 aliphatic carbocycles. The number of benzene rings is 1. The molecule has 0 radical (unpaired) electrons. The summed E-state index contributed by atoms with van der Waals surface area (Å²) in [5, 5.41) is 18.7. The Morgan fingerprint density at radius 2 is 2.03 bits per heavy atom. The summed E-state index contributed by atoms with van der Waals surface area (Å²) in [6, 6.07) is 11.1. The fraction of sp³-hybridized carbons (Fsp3) is 0.375. The zero-order chi connectivity index (χ0) is 21.7. The van der Waals surface area contributed by atoms with Crippen molar-refractivity contribution in [1.29, 1.82) is 0 Å². The van der Waals surface area contributed by atoms with Crippen molar-refractivity contribution in [3.8, 4) is 5.82 Å². The van der Waals surface area contributed by atoms with Crippen LogP contribution in [0, 0.1) is 6.92 Å². The number of aliphatic hydroxyl groups is 1. The molecule has 0 spiro atoms. The first-order chi connectivity index (χ1) is 15.6. The third-order valence-electron chi connectivity index (χ3n) is 6.65. The Hall–Kier alpha value is -3.23. The molecule has 1 aromatic carbocycles. The van der Waals surface area contributed by atoms with E-state index < -0.39 is 0 Å². The molecule has 1 saturated carbocycles. The number of aliphatic hydroxyl groups excluding tert-OH is 1. The number of fused-ring (bicyclic) bond motifs is 1. The van der Waals surface area contributed by atoms with Gasteiger partial charge in [-0.15, -0.1) is 0 Å². The van der Waals surface area contributed by atoms with E-state index in [1.54, 1.807) is 10.9 Å². The Morgan fingerprint density at radius 3 is 2.81 bits per heavy atom. The van der Waals surface area contributed by atoms with Gasteiger partial charge in [0.25, 0.3) is 0 Å². The summed E-state index contributed by atoms with van der Waals surface area (Å²) in [5.74, 6) is 1.26. The fourth-order valence-corrected chi connectivity index (χ4v) is 4.57. The molecule has 6 rings (SSSR count). The predicted octanol–water partition coefficient (Wildman–Crippen LogP) is 3.57. The van der Waals surface area contributed by atoms with Gasteiger partial charge in [-0.05, 0) is 50.5 Å². The molecule has 4 aromatic rings. The quantitative estimate of drug-likeness (QED) is 0.488. The van der Waals surface area contributed by atoms with Gasteiger partial charge in [-0.1, -0.05) is 0 Å². The Kier molecular flexibility index (Phi) is 4.69. The number of anilines is 2. The molecule has 8 heteroatoms. The molecule has 2 N–H and O–H groups in total. The Morgan fingerprint density at radius 1 is 1.16 bits per heavy atom. The number of hydrogen-bond donors (Lipinski definition) is 2. The summed E-state index contributed by atoms with van der Waals surface area (Å²) in [4.78, 5) is 11.3. The monoisotopic (exact) mass is 429 g/mol. The molecule has 1 saturated heterocycles. The Bertz CT molecular complexity index is 1270. The second-order valence-electron chi connectivity index (χ2n) is 8.98. The predicted molar refractivity (Wildman–Crippen MR) is 123 cm³/mol. The van der Waals surface area contributed by atoms with Gasteiger partial charge in [0.15, 0.2) is 5.82 Å². The largest absolute Gasteiger partial charge is 0.390 e. The summed E-state index contributed by atoms with van der Waals surface area (Å²) in [7, 11) is 0. The molecule has 2 fully saturated rings. The van der Waals surface area contributed by atoms with Crippen LogP contribution in [0.25, 0.3) is 16.7 Å². The Labute approximate surface area is 186 Å². The van der Waals surface area contributed by atoms with Crippen LogP contribution in [0.2, 0.25) is 0 Å². The summed E-state index contributed by atoms with van der Waals surface area (Å²) in [6.45, 7) is 4.24. The van der Waals surface area contributed by atoms with Crippen molar-refractivity contribution < 1.29 is 5.11 Å². The van der Waals surface area contributed by atoms with E-state index in [1.165, 1.54) is 30.2 Å². The lowest BCUT2D eigenvalue weighted by molar-refractivity contribution is -0.00297. The number of aryl methyl sites for hydroxylation is 1. The van der Waals surface area contributed by atoms with E-state index in [0.29, 0.717) is 12.0 Å². The fourth-order valence-electron chi connectivity index (χ4n) is 4.57. The number of rotatable bonds is 6. The molecule has 8 nitrogen and oxygen atoms in total. The number of β-amino-alcohol motifs (C(OH)–C–C–N with tert-alkyl or cyclic N) is 1. The van der Waals surface area contributed by atoms with Crippen molar-refractivity contribution >= 4 is 22.5 Å². The lowest BCUT2D eigenvalue weighted by Crippen LogP contribution is -2.49. The molecule has 164 valence electrons. The smallest absolute Gasteiger partial charge is 0.229 e. The van der Waals surface area contributed by atoms with Gasteiger partial charge in [0.2, 0.25) is 5.95 Å². The van der Waals surface area contributed by atoms with Crippen molar-refractivity contribution in [3.05, 3.63) is 60.2 Å². The summed E-state index contributed by atoms with van der Waals surface area (Å²) < 4.78 is 4.20. The van der Waals surface area contributed by atoms with E-state index in [9.17, 15) is 5.11 Å². The van der Waals surface area contributed by atoms with E-state index in [1.807, 2.05) is 19.2 Å². The average molecular weight is 430 g/mol. The maximum Gasteiger partial charge on any atom is 0.229 e. The molecule has 0 bridgehead atoms. The zero-order valence-corrected chi connectivity index (χ0v) is 18.1. The minimum atomic E-state index is -0.197. The minimum absolute atomic E-state index is 0.197. The molecule has 0 atom stereocenters. The first-order valence-electron chi connectivity index (χ1n) is 11.3. The van der Waals surface area contributed by atoms with Crippen LogP contribution in [0.15, 0.2) is 48.9 Å². The van der Waals surface area contributed by atoms with Crippen LogP contribution in [0.4, 0.5) is 11.6 Å². The molecule has 0 amide bonds. The first-order valence-corrected chi connectivity index (χ1v) is 11.3. The maximum absolute atomic E-state index is 9.51. The van der Waals surface area contributed by atoms with E-state index in [2.05, 4.69) is 60.3 Å². The standard InChI is InChI=1S/C24H27N7O/c1-16-18(12-29-14-21(32)15-29)13-31(28-16)23-7-9-25-24(27-23)26-19-5-6-22-17(11-19)8-10-30(22)20-3-2-4-20/h5-11,13,20-21,32H,2-4,12,14-15H2,1H3,(H,25,26,27). The highest BCUT2D eigenvalue weighted by atomic mass is 16.3. The summed E-state index contributed by atoms with van der Waals surface area (Å²) in [6.07, 6.45) is 9.65. The van der Waals surface area contributed by atoms with Gasteiger partial charge in [0, 0.05) is 72.5 Å². The van der Waals surface area contributed by atoms with Gasteiger partial charge in [-0.2, -0.15) is 10.1 Å². The maximum atomic E-state index is 9.51. The van der Waals surface area contributed by atoms with Crippen molar-refractivity contribution in [1.82, 2.24) is 29.2 Å². The highest BCUT2D eigenvalue weighted by Crippen LogP contribution is 2.35. The lowest BCUT2D eigenvalue weighted by atomic mass is 9.93. The number of likely N-dealkylation sites (tertiary alicyclic amines) is 1. The lowest BCUT2D eigenvalue weighted by Gasteiger charge is -2.35. The topological polar surface area (TPSA) is 84.0 Å². The number of aromatic nitrogens is 5. The van der Waals surface area contributed by atoms with Crippen LogP contribution in [-0.4, -0.2) is 53.5 Å². The number of nitrogens with zero attached hydrogens (tertiary/aromatic N) is 6. The number of nitrogens with one attached hydrogen (secondary N) is 1. The van der Waals surface area contributed by atoms with Crippen LogP contribution >= 0.6 is 0 Å². The minimum Gasteiger partial charge on any atom is -0.390 e. The van der Waals surface area contributed by atoms with Gasteiger partial charge in [0.05, 0.1) is 11.8 Å². The van der Waals surface area contributed by atoms with Gasteiger partial charge < -0.3 is 15.0 Å². The highest BCUT2D eigenvalue weighted by Gasteiger charge is 2.25. The van der Waals surface area contributed by atoms with E-state index in [-0.39, 0.29) is 6.10 Å².